The van der Waals surface area contributed by atoms with Crippen molar-refractivity contribution in [2.24, 2.45) is 0 Å². The number of aryl methyl sites for hydroxylation is 1. The quantitative estimate of drug-likeness (QED) is 0.837. The van der Waals surface area contributed by atoms with Crippen molar-refractivity contribution >= 4 is 11.9 Å². The van der Waals surface area contributed by atoms with Crippen molar-refractivity contribution < 1.29 is 19.1 Å². The van der Waals surface area contributed by atoms with Crippen molar-refractivity contribution in [3.63, 3.8) is 0 Å². The number of carbonyl (C=O) groups excluding carboxylic acids is 2. The summed E-state index contributed by atoms with van der Waals surface area (Å²) in [7, 11) is 0. The first-order valence-corrected chi connectivity index (χ1v) is 8.41. The van der Waals surface area contributed by atoms with Crippen LogP contribution < -0.4 is 10.1 Å². The van der Waals surface area contributed by atoms with Crippen molar-refractivity contribution in [1.29, 1.82) is 0 Å². The number of aromatic nitrogens is 1. The first kappa shape index (κ1) is 17.1. The summed E-state index contributed by atoms with van der Waals surface area (Å²) in [5, 5.41) is 3.07. The van der Waals surface area contributed by atoms with E-state index in [-0.39, 0.29) is 18.6 Å². The Balaban J connectivity index is 1.84. The molecule has 0 aliphatic carbocycles. The Morgan fingerprint density at radius 3 is 2.84 bits per heavy atom. The lowest BCUT2D eigenvalue weighted by Crippen LogP contribution is -2.32. The summed E-state index contributed by atoms with van der Waals surface area (Å²) in [6.45, 7) is 6.13. The van der Waals surface area contributed by atoms with Crippen molar-refractivity contribution in [2.45, 2.75) is 33.2 Å². The van der Waals surface area contributed by atoms with E-state index in [0.717, 1.165) is 11.3 Å². The molecular weight excluding hydrogens is 320 g/mol. The van der Waals surface area contributed by atoms with E-state index >= 15 is 0 Å². The number of benzene rings is 1. The van der Waals surface area contributed by atoms with E-state index < -0.39 is 5.97 Å². The lowest BCUT2D eigenvalue weighted by molar-refractivity contribution is 0.0519. The maximum Gasteiger partial charge on any atom is 0.355 e. The number of aromatic amines is 1. The van der Waals surface area contributed by atoms with Gasteiger partial charge in [-0.25, -0.2) is 4.79 Å². The van der Waals surface area contributed by atoms with Crippen LogP contribution in [0.25, 0.3) is 0 Å². The van der Waals surface area contributed by atoms with E-state index in [9.17, 15) is 9.59 Å². The molecule has 6 heteroatoms. The topological polar surface area (TPSA) is 80.4 Å². The molecule has 0 radical (unpaired) electrons. The highest BCUT2D eigenvalue weighted by Gasteiger charge is 2.27. The van der Waals surface area contributed by atoms with E-state index in [2.05, 4.69) is 10.3 Å². The molecule has 1 aromatic heterocycles. The summed E-state index contributed by atoms with van der Waals surface area (Å²) in [5.74, 6) is 0.149. The molecule has 0 saturated heterocycles. The maximum absolute atomic E-state index is 12.8. The number of ether oxygens (including phenoxy) is 2. The van der Waals surface area contributed by atoms with Gasteiger partial charge in [-0.3, -0.25) is 4.79 Å². The standard InChI is InChI=1S/C19H22N2O4/c1-4-24-19(23)17-11(2)16(12(3)20-17)18(22)21-14-9-10-25-15-8-6-5-7-13(14)15/h5-8,14,20H,4,9-10H2,1-3H3,(H,21,22)/t14-/m0/s1. The van der Waals surface area contributed by atoms with Gasteiger partial charge in [-0.15, -0.1) is 0 Å². The van der Waals surface area contributed by atoms with E-state index in [1.54, 1.807) is 20.8 Å². The minimum absolute atomic E-state index is 0.114. The van der Waals surface area contributed by atoms with E-state index in [1.165, 1.54) is 0 Å². The van der Waals surface area contributed by atoms with Crippen LogP contribution in [0.4, 0.5) is 0 Å². The molecule has 0 spiro atoms. The number of para-hydroxylation sites is 1. The normalized spacial score (nSPS) is 15.9. The molecule has 1 aromatic carbocycles. The Morgan fingerprint density at radius 1 is 1.32 bits per heavy atom. The van der Waals surface area contributed by atoms with Crippen LogP contribution in [0.1, 0.15) is 57.1 Å². The van der Waals surface area contributed by atoms with Gasteiger partial charge < -0.3 is 19.8 Å². The third-order valence-corrected chi connectivity index (χ3v) is 4.41. The van der Waals surface area contributed by atoms with Crippen LogP contribution in [0.2, 0.25) is 0 Å². The zero-order chi connectivity index (χ0) is 18.0. The summed E-state index contributed by atoms with van der Waals surface area (Å²) in [4.78, 5) is 27.8. The van der Waals surface area contributed by atoms with Gasteiger partial charge in [0.1, 0.15) is 11.4 Å². The zero-order valence-electron chi connectivity index (χ0n) is 14.6. The van der Waals surface area contributed by atoms with E-state index in [0.29, 0.717) is 35.5 Å². The predicted molar refractivity (Wildman–Crippen MR) is 93.0 cm³/mol. The fourth-order valence-corrected chi connectivity index (χ4v) is 3.22. The fourth-order valence-electron chi connectivity index (χ4n) is 3.22. The van der Waals surface area contributed by atoms with Gasteiger partial charge >= 0.3 is 5.97 Å². The van der Waals surface area contributed by atoms with Gasteiger partial charge in [-0.1, -0.05) is 18.2 Å². The maximum atomic E-state index is 12.8. The molecule has 3 rings (SSSR count). The molecule has 6 nitrogen and oxygen atoms in total. The minimum atomic E-state index is -0.446. The van der Waals surface area contributed by atoms with Crippen LogP contribution in [0, 0.1) is 13.8 Å². The highest BCUT2D eigenvalue weighted by Crippen LogP contribution is 2.32. The summed E-state index contributed by atoms with van der Waals surface area (Å²) < 4.78 is 10.7. The monoisotopic (exact) mass is 342 g/mol. The number of amides is 1. The van der Waals surface area contributed by atoms with Crippen molar-refractivity contribution in [2.75, 3.05) is 13.2 Å². The van der Waals surface area contributed by atoms with Gasteiger partial charge in [0.15, 0.2) is 0 Å². The first-order chi connectivity index (χ1) is 12.0. The molecule has 132 valence electrons. The molecule has 1 aliphatic rings. The van der Waals surface area contributed by atoms with Crippen LogP contribution in [-0.4, -0.2) is 30.1 Å². The van der Waals surface area contributed by atoms with Gasteiger partial charge in [-0.2, -0.15) is 0 Å². The van der Waals surface area contributed by atoms with Crippen molar-refractivity contribution in [1.82, 2.24) is 10.3 Å². The molecule has 1 aliphatic heterocycles. The Hall–Kier alpha value is -2.76. The zero-order valence-corrected chi connectivity index (χ0v) is 14.6. The number of hydrogen-bond acceptors (Lipinski definition) is 4. The van der Waals surface area contributed by atoms with Gasteiger partial charge in [0, 0.05) is 17.7 Å². The number of hydrogen-bond donors (Lipinski definition) is 2. The lowest BCUT2D eigenvalue weighted by Gasteiger charge is -2.26. The minimum Gasteiger partial charge on any atom is -0.493 e. The van der Waals surface area contributed by atoms with Crippen LogP contribution in [0.3, 0.4) is 0 Å². The second-order valence-electron chi connectivity index (χ2n) is 6.05. The number of carbonyl (C=O) groups is 2. The summed E-state index contributed by atoms with van der Waals surface area (Å²) >= 11 is 0. The summed E-state index contributed by atoms with van der Waals surface area (Å²) in [5.41, 5.74) is 3.05. The number of esters is 1. The Kier molecular flexibility index (Phi) is 4.79. The number of H-pyrrole nitrogens is 1. The third-order valence-electron chi connectivity index (χ3n) is 4.41. The van der Waals surface area contributed by atoms with E-state index in [1.807, 2.05) is 24.3 Å². The molecule has 2 heterocycles. The van der Waals surface area contributed by atoms with Gasteiger partial charge in [0.2, 0.25) is 0 Å². The second-order valence-corrected chi connectivity index (χ2v) is 6.05. The average molecular weight is 342 g/mol. The molecular formula is C19H22N2O4. The average Bonchev–Trinajstić information content (AvgIpc) is 2.90. The number of rotatable bonds is 4. The van der Waals surface area contributed by atoms with Crippen molar-refractivity contribution in [3.8, 4) is 5.75 Å². The van der Waals surface area contributed by atoms with Crippen LogP contribution in [0.5, 0.6) is 5.75 Å². The highest BCUT2D eigenvalue weighted by atomic mass is 16.5. The second kappa shape index (κ2) is 7.01. The largest absolute Gasteiger partial charge is 0.493 e. The molecule has 1 amide bonds. The predicted octanol–water partition coefficient (Wildman–Crippen LogP) is 3.06. The molecule has 0 bridgehead atoms. The SMILES string of the molecule is CCOC(=O)c1[nH]c(C)c(C(=O)N[C@H]2CCOc3ccccc32)c1C. The molecule has 25 heavy (non-hydrogen) atoms. The molecule has 1 atom stereocenters. The summed E-state index contributed by atoms with van der Waals surface area (Å²) in [6.07, 6.45) is 0.704. The molecule has 0 unspecified atom stereocenters. The Morgan fingerprint density at radius 2 is 2.08 bits per heavy atom. The molecule has 2 aromatic rings. The van der Waals surface area contributed by atoms with E-state index in [4.69, 9.17) is 9.47 Å². The smallest absolute Gasteiger partial charge is 0.355 e. The lowest BCUT2D eigenvalue weighted by atomic mass is 9.99. The Labute approximate surface area is 146 Å². The molecule has 0 saturated carbocycles. The summed E-state index contributed by atoms with van der Waals surface area (Å²) in [6, 6.07) is 7.59. The van der Waals surface area contributed by atoms with Crippen LogP contribution in [-0.2, 0) is 4.74 Å². The van der Waals surface area contributed by atoms with Gasteiger partial charge in [-0.05, 0) is 32.4 Å². The first-order valence-electron chi connectivity index (χ1n) is 8.41. The number of fused-ring (bicyclic) bond motifs is 1. The van der Waals surface area contributed by atoms with Crippen molar-refractivity contribution in [3.05, 3.63) is 52.3 Å². The number of nitrogens with one attached hydrogen (secondary N) is 2. The Bertz CT molecular complexity index is 810. The van der Waals surface area contributed by atoms with Gasteiger partial charge in [0.25, 0.3) is 5.91 Å². The molecule has 0 fully saturated rings. The third kappa shape index (κ3) is 3.24. The molecule has 2 N–H and O–H groups in total. The highest BCUT2D eigenvalue weighted by molar-refractivity contribution is 6.01. The van der Waals surface area contributed by atoms with Crippen LogP contribution >= 0.6 is 0 Å². The van der Waals surface area contributed by atoms with Gasteiger partial charge in [0.05, 0.1) is 24.8 Å². The fraction of sp³-hybridized carbons (Fsp3) is 0.368. The van der Waals surface area contributed by atoms with Crippen LogP contribution in [0.15, 0.2) is 24.3 Å².